The van der Waals surface area contributed by atoms with Crippen molar-refractivity contribution in [2.45, 2.75) is 51.3 Å². The summed E-state index contributed by atoms with van der Waals surface area (Å²) in [5.41, 5.74) is 2.20. The first kappa shape index (κ1) is 20.6. The minimum Gasteiger partial charge on any atom is -0.444 e. The first-order chi connectivity index (χ1) is 14.3. The lowest BCUT2D eigenvalue weighted by atomic mass is 9.79. The number of piperidine rings is 1. The van der Waals surface area contributed by atoms with Crippen LogP contribution in [-0.4, -0.2) is 47.7 Å². The minimum atomic E-state index is -0.548. The predicted molar refractivity (Wildman–Crippen MR) is 115 cm³/mol. The summed E-state index contributed by atoms with van der Waals surface area (Å²) in [6.45, 7) is 6.50. The zero-order valence-electron chi connectivity index (χ0n) is 17.8. The Hall–Kier alpha value is -2.66. The number of ether oxygens (including phenoxy) is 2. The van der Waals surface area contributed by atoms with Crippen LogP contribution in [0.1, 0.15) is 44.0 Å². The Morgan fingerprint density at radius 3 is 2.17 bits per heavy atom. The van der Waals surface area contributed by atoms with Crippen molar-refractivity contribution in [2.75, 3.05) is 13.2 Å². The first-order valence-corrected chi connectivity index (χ1v) is 10.6. The third kappa shape index (κ3) is 4.26. The number of hydrogen-bond donors (Lipinski definition) is 0. The summed E-state index contributed by atoms with van der Waals surface area (Å²) < 4.78 is 11.3. The average molecular weight is 408 g/mol. The summed E-state index contributed by atoms with van der Waals surface area (Å²) in [6.07, 6.45) is 0.881. The van der Waals surface area contributed by atoms with Crippen LogP contribution >= 0.6 is 0 Å². The molecule has 30 heavy (non-hydrogen) atoms. The van der Waals surface area contributed by atoms with E-state index in [0.717, 1.165) is 16.7 Å². The van der Waals surface area contributed by atoms with E-state index in [0.29, 0.717) is 26.1 Å². The maximum absolute atomic E-state index is 13.6. The van der Waals surface area contributed by atoms with E-state index < -0.39 is 5.60 Å². The van der Waals surface area contributed by atoms with Gasteiger partial charge in [-0.05, 0) is 44.7 Å². The highest BCUT2D eigenvalue weighted by Gasteiger charge is 2.45. The molecule has 0 radical (unpaired) electrons. The summed E-state index contributed by atoms with van der Waals surface area (Å²) in [5.74, 6) is 0.0163. The van der Waals surface area contributed by atoms with Crippen LogP contribution < -0.4 is 0 Å². The monoisotopic (exact) mass is 407 g/mol. The number of benzene rings is 2. The Morgan fingerprint density at radius 1 is 0.933 bits per heavy atom. The molecule has 2 aliphatic rings. The van der Waals surface area contributed by atoms with E-state index in [1.807, 2.05) is 80.3 Å². The minimum absolute atomic E-state index is 0.132. The van der Waals surface area contributed by atoms with Gasteiger partial charge < -0.3 is 9.47 Å². The normalized spacial score (nSPS) is 23.7. The molecule has 2 heterocycles. The number of carbonyl (C=O) groups is 2. The van der Waals surface area contributed by atoms with Gasteiger partial charge in [-0.25, -0.2) is 4.79 Å². The van der Waals surface area contributed by atoms with Crippen LogP contribution in [0.5, 0.6) is 0 Å². The average Bonchev–Trinajstić information content (AvgIpc) is 2.71. The van der Waals surface area contributed by atoms with E-state index in [9.17, 15) is 9.59 Å². The summed E-state index contributed by atoms with van der Waals surface area (Å²) in [6, 6.07) is 17.5. The van der Waals surface area contributed by atoms with Gasteiger partial charge >= 0.3 is 6.09 Å². The zero-order valence-corrected chi connectivity index (χ0v) is 17.8. The van der Waals surface area contributed by atoms with Gasteiger partial charge in [0.1, 0.15) is 5.60 Å². The highest BCUT2D eigenvalue weighted by atomic mass is 16.6. The topological polar surface area (TPSA) is 55.8 Å². The number of amides is 1. The van der Waals surface area contributed by atoms with E-state index in [4.69, 9.17) is 9.47 Å². The fraction of sp³-hybridized carbons (Fsp3) is 0.440. The Kier molecular flexibility index (Phi) is 5.65. The van der Waals surface area contributed by atoms with E-state index in [2.05, 4.69) is 0 Å². The molecule has 2 aromatic rings. The lowest BCUT2D eigenvalue weighted by Gasteiger charge is -2.47. The maximum Gasteiger partial charge on any atom is 0.410 e. The zero-order chi connectivity index (χ0) is 21.3. The molecular weight excluding hydrogens is 378 g/mol. The molecule has 1 amide bonds. The molecule has 0 saturated carbocycles. The molecule has 2 bridgehead atoms. The van der Waals surface area contributed by atoms with Gasteiger partial charge in [-0.15, -0.1) is 0 Å². The molecule has 2 saturated heterocycles. The molecule has 2 aromatic carbocycles. The van der Waals surface area contributed by atoms with Crippen LogP contribution in [0.2, 0.25) is 0 Å². The van der Waals surface area contributed by atoms with E-state index in [-0.39, 0.29) is 29.9 Å². The molecule has 0 aliphatic carbocycles. The van der Waals surface area contributed by atoms with Gasteiger partial charge in [0.25, 0.3) is 0 Å². The third-order valence-electron chi connectivity index (χ3n) is 5.77. The van der Waals surface area contributed by atoms with Crippen molar-refractivity contribution in [3.63, 3.8) is 0 Å². The number of hydrogen-bond acceptors (Lipinski definition) is 4. The second-order valence-electron chi connectivity index (χ2n) is 9.18. The van der Waals surface area contributed by atoms with Crippen LogP contribution in [0.4, 0.5) is 4.79 Å². The molecule has 0 N–H and O–H groups in total. The Bertz CT molecular complexity index is 904. The van der Waals surface area contributed by atoms with E-state index in [1.54, 1.807) is 0 Å². The summed E-state index contributed by atoms with van der Waals surface area (Å²) in [5, 5.41) is 0. The first-order valence-electron chi connectivity index (χ1n) is 10.6. The Morgan fingerprint density at radius 2 is 1.53 bits per heavy atom. The predicted octanol–water partition coefficient (Wildman–Crippen LogP) is 4.95. The molecule has 4 rings (SSSR count). The number of rotatable bonds is 3. The van der Waals surface area contributed by atoms with Gasteiger partial charge in [0, 0.05) is 11.5 Å². The molecule has 2 fully saturated rings. The summed E-state index contributed by atoms with van der Waals surface area (Å²) in [7, 11) is 0. The van der Waals surface area contributed by atoms with Crippen LogP contribution in [0.15, 0.2) is 54.6 Å². The van der Waals surface area contributed by atoms with Gasteiger partial charge in [0.2, 0.25) is 0 Å². The smallest absolute Gasteiger partial charge is 0.410 e. The standard InChI is InChI=1S/C25H29NO4/c1-25(2,3)30-24(28)26-19-13-18(14-20(26)16-29-15-19)23(27)22-12-8-7-11-21(22)17-9-5-4-6-10-17/h4-12,18-20H,13-16H2,1-3H3. The number of fused-ring (bicyclic) bond motifs is 2. The van der Waals surface area contributed by atoms with Gasteiger partial charge in [-0.1, -0.05) is 54.6 Å². The van der Waals surface area contributed by atoms with Crippen molar-refractivity contribution in [1.29, 1.82) is 0 Å². The Balaban J connectivity index is 1.56. The third-order valence-corrected chi connectivity index (χ3v) is 5.77. The number of morpholine rings is 1. The van der Waals surface area contributed by atoms with Gasteiger partial charge in [0.15, 0.2) is 5.78 Å². The van der Waals surface area contributed by atoms with E-state index >= 15 is 0 Å². The molecule has 5 nitrogen and oxygen atoms in total. The SMILES string of the molecule is CC(C)(C)OC(=O)N1C2COCC1CC(C(=O)c1ccccc1-c1ccccc1)C2. The quantitative estimate of drug-likeness (QED) is 0.676. The lowest BCUT2D eigenvalue weighted by Crippen LogP contribution is -2.60. The molecule has 158 valence electrons. The number of nitrogens with zero attached hydrogens (tertiary/aromatic N) is 1. The van der Waals surface area contributed by atoms with Crippen molar-refractivity contribution in [3.8, 4) is 11.1 Å². The molecule has 2 unspecified atom stereocenters. The number of ketones is 1. The lowest BCUT2D eigenvalue weighted by molar-refractivity contribution is -0.0861. The van der Waals surface area contributed by atoms with Crippen LogP contribution in [0.25, 0.3) is 11.1 Å². The van der Waals surface area contributed by atoms with Crippen molar-refractivity contribution in [3.05, 3.63) is 60.2 Å². The number of carbonyl (C=O) groups excluding carboxylic acids is 2. The maximum atomic E-state index is 13.6. The van der Waals surface area contributed by atoms with E-state index in [1.165, 1.54) is 0 Å². The summed E-state index contributed by atoms with van der Waals surface area (Å²) >= 11 is 0. The molecule has 5 heteroatoms. The Labute approximate surface area is 178 Å². The number of Topliss-reactive ketones (excluding diaryl/α,β-unsaturated/α-hetero) is 1. The van der Waals surface area contributed by atoms with Gasteiger partial charge in [-0.3, -0.25) is 9.69 Å². The highest BCUT2D eigenvalue weighted by Crippen LogP contribution is 2.36. The van der Waals surface area contributed by atoms with Crippen molar-refractivity contribution >= 4 is 11.9 Å². The molecular formula is C25H29NO4. The van der Waals surface area contributed by atoms with Crippen LogP contribution in [-0.2, 0) is 9.47 Å². The van der Waals surface area contributed by atoms with Crippen molar-refractivity contribution < 1.29 is 19.1 Å². The molecule has 2 atom stereocenters. The highest BCUT2D eigenvalue weighted by molar-refractivity contribution is 6.03. The van der Waals surface area contributed by atoms with Crippen molar-refractivity contribution in [2.24, 2.45) is 5.92 Å². The fourth-order valence-corrected chi connectivity index (χ4v) is 4.53. The fourth-order valence-electron chi connectivity index (χ4n) is 4.53. The van der Waals surface area contributed by atoms with Gasteiger partial charge in [0.05, 0.1) is 25.3 Å². The van der Waals surface area contributed by atoms with Gasteiger partial charge in [-0.2, -0.15) is 0 Å². The van der Waals surface area contributed by atoms with Crippen molar-refractivity contribution in [1.82, 2.24) is 4.90 Å². The molecule has 0 spiro atoms. The largest absolute Gasteiger partial charge is 0.444 e. The summed E-state index contributed by atoms with van der Waals surface area (Å²) in [4.78, 5) is 28.1. The van der Waals surface area contributed by atoms with Crippen LogP contribution in [0.3, 0.4) is 0 Å². The van der Waals surface area contributed by atoms with Crippen LogP contribution in [0, 0.1) is 5.92 Å². The molecule has 0 aromatic heterocycles. The second-order valence-corrected chi connectivity index (χ2v) is 9.18. The second kappa shape index (κ2) is 8.23. The molecule has 2 aliphatic heterocycles.